The molecule has 0 spiro atoms. The van der Waals surface area contributed by atoms with Crippen molar-refractivity contribution in [3.63, 3.8) is 0 Å². The number of anilines is 1. The number of aromatic nitrogens is 4. The minimum Gasteiger partial charge on any atom is -0.370 e. The van der Waals surface area contributed by atoms with Crippen molar-refractivity contribution < 1.29 is 19.8 Å². The molecule has 38 heavy (non-hydrogen) atoms. The van der Waals surface area contributed by atoms with E-state index in [2.05, 4.69) is 72.7 Å². The number of aromatic amines is 3. The fourth-order valence-electron chi connectivity index (χ4n) is 5.42. The van der Waals surface area contributed by atoms with Crippen LogP contribution in [0.2, 0.25) is 0 Å². The number of nitrogens with zero attached hydrogens (tertiary/aromatic N) is 2. The first-order valence-electron chi connectivity index (χ1n) is 11.6. The maximum absolute atomic E-state index is 12.8. The highest BCUT2D eigenvalue weighted by Gasteiger charge is 2.64. The summed E-state index contributed by atoms with van der Waals surface area (Å²) in [5.41, 5.74) is 11.0. The predicted octanol–water partition coefficient (Wildman–Crippen LogP) is -0.0962. The molecule has 14 nitrogen and oxygen atoms in total. The van der Waals surface area contributed by atoms with E-state index in [1.54, 1.807) is 30.7 Å². The van der Waals surface area contributed by atoms with Gasteiger partial charge in [-0.2, -0.15) is 0 Å². The molecule has 2 aliphatic rings. The van der Waals surface area contributed by atoms with E-state index in [0.29, 0.717) is 17.1 Å². The number of H-pyrrole nitrogens is 3. The summed E-state index contributed by atoms with van der Waals surface area (Å²) in [7, 11) is 0. The van der Waals surface area contributed by atoms with Crippen molar-refractivity contribution in [3.8, 4) is 0 Å². The van der Waals surface area contributed by atoms with Crippen LogP contribution in [0.5, 0.6) is 0 Å². The number of aliphatic hydroxyl groups excluding tert-OH is 1. The van der Waals surface area contributed by atoms with E-state index in [9.17, 15) is 19.8 Å². The van der Waals surface area contributed by atoms with Crippen LogP contribution in [0.4, 0.5) is 5.95 Å². The maximum atomic E-state index is 12.8. The van der Waals surface area contributed by atoms with Gasteiger partial charge in [-0.15, -0.1) is 0 Å². The van der Waals surface area contributed by atoms with E-state index < -0.39 is 29.7 Å². The number of aliphatic imine (C=N–C) groups is 1. The Morgan fingerprint density at radius 1 is 1.03 bits per heavy atom. The normalized spacial score (nSPS) is 28.3. The van der Waals surface area contributed by atoms with Crippen molar-refractivity contribution in [1.82, 2.24) is 35.9 Å². The van der Waals surface area contributed by atoms with E-state index in [0.717, 1.165) is 8.95 Å². The van der Waals surface area contributed by atoms with Gasteiger partial charge in [0, 0.05) is 52.0 Å². The van der Waals surface area contributed by atoms with Gasteiger partial charge < -0.3 is 52.6 Å². The summed E-state index contributed by atoms with van der Waals surface area (Å²) in [6.07, 6.45) is 3.28. The van der Waals surface area contributed by atoms with Crippen LogP contribution in [-0.2, 0) is 0 Å². The molecule has 1 aliphatic carbocycles. The van der Waals surface area contributed by atoms with Gasteiger partial charge in [0.2, 0.25) is 0 Å². The highest BCUT2D eigenvalue weighted by molar-refractivity contribution is 9.10. The Hall–Kier alpha value is -3.34. The number of nitrogen functional groups attached to an aromatic ring is 1. The van der Waals surface area contributed by atoms with Crippen LogP contribution in [0.1, 0.15) is 32.6 Å². The topological polar surface area (TPSA) is 235 Å². The second-order valence-electron chi connectivity index (χ2n) is 9.32. The third kappa shape index (κ3) is 4.79. The number of hydrogen-bond donors (Lipinski definition) is 10. The molecule has 16 heteroatoms. The molecule has 202 valence electrons. The van der Waals surface area contributed by atoms with E-state index >= 15 is 0 Å². The van der Waals surface area contributed by atoms with Crippen molar-refractivity contribution in [2.75, 3.05) is 18.8 Å². The van der Waals surface area contributed by atoms with Gasteiger partial charge >= 0.3 is 0 Å². The van der Waals surface area contributed by atoms with Gasteiger partial charge in [0.05, 0.1) is 6.20 Å². The van der Waals surface area contributed by atoms with Gasteiger partial charge in [-0.1, -0.05) is 0 Å². The fourth-order valence-corrected chi connectivity index (χ4v) is 6.11. The summed E-state index contributed by atoms with van der Waals surface area (Å²) in [5, 5.41) is 30.7. The van der Waals surface area contributed by atoms with Crippen LogP contribution in [-0.4, -0.2) is 73.0 Å². The lowest BCUT2D eigenvalue weighted by atomic mass is 9.51. The monoisotopic (exact) mass is 652 g/mol. The number of rotatable bonds is 8. The van der Waals surface area contributed by atoms with Crippen LogP contribution < -0.4 is 27.4 Å². The number of halogens is 2. The standard InChI is InChI=1S/C22H26Br2N10O4/c23-8-1-12(27-3-8)17(35)29-5-10-11(6-30-18(36)13-2-9(24)4-28-13)16(15(10)14-7-31-20(25)32-14)22(38)19(37)33-21(26)34-22/h1-4,7,10-11,15-16,19,27-28,37-38H,5-6H2,(H,29,35)(H,30,36)(H3,25,31,32)(H3,26,33,34)/t10-,11-,15-,16+,19?,22?/m1/s1. The van der Waals surface area contributed by atoms with Gasteiger partial charge in [0.1, 0.15) is 11.4 Å². The number of amides is 2. The Balaban J connectivity index is 1.43. The van der Waals surface area contributed by atoms with Crippen molar-refractivity contribution >= 4 is 55.6 Å². The number of imidazole rings is 1. The predicted molar refractivity (Wildman–Crippen MR) is 144 cm³/mol. The molecule has 1 aliphatic heterocycles. The molecule has 12 N–H and O–H groups in total. The first-order valence-corrected chi connectivity index (χ1v) is 13.2. The van der Waals surface area contributed by atoms with Gasteiger partial charge in [-0.05, 0) is 55.8 Å². The maximum Gasteiger partial charge on any atom is 0.267 e. The Morgan fingerprint density at radius 3 is 2.05 bits per heavy atom. The summed E-state index contributed by atoms with van der Waals surface area (Å²) in [5.74, 6) is -2.54. The van der Waals surface area contributed by atoms with Gasteiger partial charge in [-0.25, -0.2) is 9.98 Å². The van der Waals surface area contributed by atoms with Crippen LogP contribution in [0, 0.1) is 17.8 Å². The lowest BCUT2D eigenvalue weighted by molar-refractivity contribution is -0.181. The van der Waals surface area contributed by atoms with E-state index in [1.165, 1.54) is 0 Å². The number of nitrogens with two attached hydrogens (primary N) is 2. The second-order valence-corrected chi connectivity index (χ2v) is 11.2. The van der Waals surface area contributed by atoms with Crippen molar-refractivity contribution in [1.29, 1.82) is 0 Å². The molecule has 0 radical (unpaired) electrons. The van der Waals surface area contributed by atoms with Crippen molar-refractivity contribution in [3.05, 3.63) is 56.8 Å². The first kappa shape index (κ1) is 26.3. The first-order chi connectivity index (χ1) is 18.1. The highest BCUT2D eigenvalue weighted by Crippen LogP contribution is 2.56. The van der Waals surface area contributed by atoms with Crippen LogP contribution in [0.25, 0.3) is 0 Å². The molecule has 1 saturated carbocycles. The Labute approximate surface area is 232 Å². The van der Waals surface area contributed by atoms with E-state index in [1.807, 2.05) is 0 Å². The summed E-state index contributed by atoms with van der Waals surface area (Å²) in [4.78, 5) is 42.3. The number of carbonyl (C=O) groups is 2. The Bertz CT molecular complexity index is 1390. The molecule has 3 aromatic heterocycles. The summed E-state index contributed by atoms with van der Waals surface area (Å²) < 4.78 is 1.45. The molecule has 0 aromatic carbocycles. The van der Waals surface area contributed by atoms with E-state index in [-0.39, 0.29) is 42.7 Å². The number of guanidine groups is 1. The van der Waals surface area contributed by atoms with Crippen LogP contribution >= 0.6 is 31.9 Å². The Kier molecular flexibility index (Phi) is 6.97. The van der Waals surface area contributed by atoms with Crippen LogP contribution in [0.15, 0.2) is 44.7 Å². The van der Waals surface area contributed by atoms with Gasteiger partial charge in [-0.3, -0.25) is 9.59 Å². The number of hydrogen-bond acceptors (Lipinski definition) is 9. The average molecular weight is 654 g/mol. The molecule has 3 aromatic rings. The molecule has 2 amide bonds. The highest BCUT2D eigenvalue weighted by atomic mass is 79.9. The van der Waals surface area contributed by atoms with Crippen molar-refractivity contribution in [2.24, 2.45) is 28.5 Å². The smallest absolute Gasteiger partial charge is 0.267 e. The molecule has 0 bridgehead atoms. The van der Waals surface area contributed by atoms with Crippen LogP contribution in [0.3, 0.4) is 0 Å². The van der Waals surface area contributed by atoms with Gasteiger partial charge in [0.25, 0.3) is 11.8 Å². The zero-order valence-corrected chi connectivity index (χ0v) is 22.9. The summed E-state index contributed by atoms with van der Waals surface area (Å²) >= 11 is 6.62. The summed E-state index contributed by atoms with van der Waals surface area (Å²) in [6.45, 7) is 0.304. The fraction of sp³-hybridized carbons (Fsp3) is 0.364. The minimum atomic E-state index is -1.94. The zero-order valence-electron chi connectivity index (χ0n) is 19.7. The molecular weight excluding hydrogens is 628 g/mol. The molecule has 4 heterocycles. The molecule has 6 atom stereocenters. The third-order valence-corrected chi connectivity index (χ3v) is 8.02. The zero-order chi connectivity index (χ0) is 27.2. The lowest BCUT2D eigenvalue weighted by Gasteiger charge is -2.57. The number of nitrogens with one attached hydrogen (secondary N) is 6. The molecule has 5 rings (SSSR count). The largest absolute Gasteiger partial charge is 0.370 e. The SMILES string of the molecule is NC1=NC(O)C(O)([C@H]2[C@H](CNC(=O)c3cc(Br)c[nH]3)[C@@H](CNC(=O)c3cc(Br)c[nH]3)[C@@H]2c2cnc(N)[nH]2)N1. The molecule has 2 unspecified atom stereocenters. The van der Waals surface area contributed by atoms with Gasteiger partial charge in [0.15, 0.2) is 23.9 Å². The minimum absolute atomic E-state index is 0.115. The van der Waals surface area contributed by atoms with E-state index in [4.69, 9.17) is 11.5 Å². The second kappa shape index (κ2) is 10.1. The summed E-state index contributed by atoms with van der Waals surface area (Å²) in [6, 6.07) is 3.29. The Morgan fingerprint density at radius 2 is 1.61 bits per heavy atom. The van der Waals surface area contributed by atoms with Crippen molar-refractivity contribution in [2.45, 2.75) is 17.9 Å². The molecule has 1 fully saturated rings. The molecule has 0 saturated heterocycles. The number of aliphatic hydroxyl groups is 2. The average Bonchev–Trinajstić information content (AvgIpc) is 3.62. The quantitative estimate of drug-likeness (QED) is 0.157. The number of carbonyl (C=O) groups excluding carboxylic acids is 2. The third-order valence-electron chi connectivity index (χ3n) is 7.11. The lowest BCUT2D eigenvalue weighted by Crippen LogP contribution is -2.69. The molecular formula is C22H26Br2N10O4.